The predicted octanol–water partition coefficient (Wildman–Crippen LogP) is 1.10. The monoisotopic (exact) mass is 209 g/mol. The minimum Gasteiger partial charge on any atom is -0.409 e. The van der Waals surface area contributed by atoms with Crippen LogP contribution in [0.3, 0.4) is 0 Å². The zero-order chi connectivity index (χ0) is 11.3. The Morgan fingerprint density at radius 3 is 3.00 bits per heavy atom. The number of nitrogens with two attached hydrogens (primary N) is 1. The highest BCUT2D eigenvalue weighted by Crippen LogP contribution is 2.08. The van der Waals surface area contributed by atoms with Crippen molar-refractivity contribution in [3.8, 4) is 0 Å². The van der Waals surface area contributed by atoms with Crippen molar-refractivity contribution in [1.82, 2.24) is 4.98 Å². The molecular weight excluding hydrogens is 194 g/mol. The Balaban J connectivity index is 2.87. The summed E-state index contributed by atoms with van der Waals surface area (Å²) in [5, 5.41) is 11.5. The molecule has 1 rings (SSSR count). The molecule has 1 aromatic rings. The molecule has 15 heavy (non-hydrogen) atoms. The van der Waals surface area contributed by atoms with Crippen molar-refractivity contribution in [2.24, 2.45) is 10.9 Å². The molecule has 0 unspecified atom stereocenters. The fourth-order valence-corrected chi connectivity index (χ4v) is 1.09. The maximum atomic E-state index is 8.57. The largest absolute Gasteiger partial charge is 0.409 e. The molecule has 0 fully saturated rings. The fraction of sp³-hybridized carbons (Fsp3) is 0.400. The van der Waals surface area contributed by atoms with Crippen LogP contribution in [-0.2, 0) is 11.3 Å². The molecule has 0 saturated carbocycles. The number of oxime groups is 1. The van der Waals surface area contributed by atoms with Gasteiger partial charge in [-0.2, -0.15) is 0 Å². The van der Waals surface area contributed by atoms with Crippen LogP contribution in [0.25, 0.3) is 0 Å². The maximum absolute atomic E-state index is 8.57. The van der Waals surface area contributed by atoms with Gasteiger partial charge >= 0.3 is 0 Å². The standard InChI is InChI=1S/C10H15N3O2/c1-7(2)15-6-8-4-3-5-12-9(8)10(11)13-14/h3-5,7,14H,6H2,1-2H3,(H2,11,13). The number of hydrogen-bond acceptors (Lipinski definition) is 4. The average molecular weight is 209 g/mol. The first-order chi connectivity index (χ1) is 7.15. The summed E-state index contributed by atoms with van der Waals surface area (Å²) in [7, 11) is 0. The van der Waals surface area contributed by atoms with Gasteiger partial charge in [-0.3, -0.25) is 4.98 Å². The zero-order valence-corrected chi connectivity index (χ0v) is 8.84. The molecule has 0 atom stereocenters. The summed E-state index contributed by atoms with van der Waals surface area (Å²) >= 11 is 0. The number of ether oxygens (including phenoxy) is 1. The Kier molecular flexibility index (Phi) is 4.05. The van der Waals surface area contributed by atoms with Gasteiger partial charge in [-0.05, 0) is 19.9 Å². The van der Waals surface area contributed by atoms with Gasteiger partial charge in [0.1, 0.15) is 5.69 Å². The van der Waals surface area contributed by atoms with Crippen LogP contribution in [0, 0.1) is 0 Å². The van der Waals surface area contributed by atoms with Gasteiger partial charge in [0, 0.05) is 11.8 Å². The van der Waals surface area contributed by atoms with E-state index in [-0.39, 0.29) is 11.9 Å². The van der Waals surface area contributed by atoms with Gasteiger partial charge in [0.25, 0.3) is 0 Å². The second-order valence-corrected chi connectivity index (χ2v) is 3.36. The van der Waals surface area contributed by atoms with E-state index >= 15 is 0 Å². The van der Waals surface area contributed by atoms with Gasteiger partial charge in [0.05, 0.1) is 12.7 Å². The molecule has 0 aromatic carbocycles. The molecule has 5 nitrogen and oxygen atoms in total. The Morgan fingerprint density at radius 1 is 1.67 bits per heavy atom. The minimum absolute atomic E-state index is 0.00189. The van der Waals surface area contributed by atoms with Crippen molar-refractivity contribution in [2.45, 2.75) is 26.6 Å². The van der Waals surface area contributed by atoms with Gasteiger partial charge in [-0.15, -0.1) is 0 Å². The van der Waals surface area contributed by atoms with Crippen molar-refractivity contribution in [3.63, 3.8) is 0 Å². The van der Waals surface area contributed by atoms with Crippen LogP contribution in [0.1, 0.15) is 25.1 Å². The van der Waals surface area contributed by atoms with E-state index in [9.17, 15) is 0 Å². The highest BCUT2D eigenvalue weighted by molar-refractivity contribution is 5.96. The number of hydrogen-bond donors (Lipinski definition) is 2. The normalized spacial score (nSPS) is 12.1. The summed E-state index contributed by atoms with van der Waals surface area (Å²) in [5.41, 5.74) is 6.75. The van der Waals surface area contributed by atoms with Crippen LogP contribution in [0.4, 0.5) is 0 Å². The van der Waals surface area contributed by atoms with Crippen LogP contribution in [0.15, 0.2) is 23.5 Å². The van der Waals surface area contributed by atoms with Crippen LogP contribution >= 0.6 is 0 Å². The molecule has 0 aliphatic carbocycles. The highest BCUT2D eigenvalue weighted by Gasteiger charge is 2.08. The summed E-state index contributed by atoms with van der Waals surface area (Å²) in [6.45, 7) is 4.29. The molecule has 0 bridgehead atoms. The van der Waals surface area contributed by atoms with Crippen LogP contribution < -0.4 is 5.73 Å². The lowest BCUT2D eigenvalue weighted by Crippen LogP contribution is -2.18. The van der Waals surface area contributed by atoms with Crippen molar-refractivity contribution < 1.29 is 9.94 Å². The van der Waals surface area contributed by atoms with Crippen LogP contribution in [0.5, 0.6) is 0 Å². The third-order valence-electron chi connectivity index (χ3n) is 1.81. The second kappa shape index (κ2) is 5.31. The third kappa shape index (κ3) is 3.21. The van der Waals surface area contributed by atoms with Gasteiger partial charge in [-0.1, -0.05) is 11.2 Å². The predicted molar refractivity (Wildman–Crippen MR) is 56.7 cm³/mol. The van der Waals surface area contributed by atoms with E-state index in [0.717, 1.165) is 5.56 Å². The van der Waals surface area contributed by atoms with E-state index in [1.54, 1.807) is 12.3 Å². The SMILES string of the molecule is CC(C)OCc1cccnc1C(N)=NO. The molecule has 0 spiro atoms. The van der Waals surface area contributed by atoms with Gasteiger partial charge < -0.3 is 15.7 Å². The van der Waals surface area contributed by atoms with E-state index in [4.69, 9.17) is 15.7 Å². The van der Waals surface area contributed by atoms with E-state index < -0.39 is 0 Å². The molecule has 0 saturated heterocycles. The van der Waals surface area contributed by atoms with E-state index in [0.29, 0.717) is 12.3 Å². The van der Waals surface area contributed by atoms with Gasteiger partial charge in [0.2, 0.25) is 0 Å². The lowest BCUT2D eigenvalue weighted by molar-refractivity contribution is 0.0654. The Morgan fingerprint density at radius 2 is 2.40 bits per heavy atom. The Bertz CT molecular complexity index is 350. The van der Waals surface area contributed by atoms with Crippen molar-refractivity contribution in [2.75, 3.05) is 0 Å². The summed E-state index contributed by atoms with van der Waals surface area (Å²) in [6, 6.07) is 3.62. The maximum Gasteiger partial charge on any atom is 0.189 e. The first-order valence-electron chi connectivity index (χ1n) is 4.68. The first kappa shape index (κ1) is 11.5. The summed E-state index contributed by atoms with van der Waals surface area (Å²) in [6.07, 6.45) is 1.72. The van der Waals surface area contributed by atoms with Crippen molar-refractivity contribution >= 4 is 5.84 Å². The molecule has 1 heterocycles. The summed E-state index contributed by atoms with van der Waals surface area (Å²) < 4.78 is 5.43. The minimum atomic E-state index is -0.00189. The Labute approximate surface area is 88.6 Å². The van der Waals surface area contributed by atoms with Crippen molar-refractivity contribution in [3.05, 3.63) is 29.6 Å². The van der Waals surface area contributed by atoms with Crippen LogP contribution in [-0.4, -0.2) is 22.1 Å². The van der Waals surface area contributed by atoms with E-state index in [1.165, 1.54) is 0 Å². The third-order valence-corrected chi connectivity index (χ3v) is 1.81. The number of nitrogens with zero attached hydrogens (tertiary/aromatic N) is 2. The van der Waals surface area contributed by atoms with Gasteiger partial charge in [-0.25, -0.2) is 0 Å². The number of rotatable bonds is 4. The highest BCUT2D eigenvalue weighted by atomic mass is 16.5. The van der Waals surface area contributed by atoms with Crippen LogP contribution in [0.2, 0.25) is 0 Å². The lowest BCUT2D eigenvalue weighted by atomic mass is 10.2. The number of aromatic nitrogens is 1. The number of pyridine rings is 1. The molecule has 3 N–H and O–H groups in total. The smallest absolute Gasteiger partial charge is 0.189 e. The molecule has 5 heteroatoms. The summed E-state index contributed by atoms with van der Waals surface area (Å²) in [4.78, 5) is 4.03. The molecular formula is C10H15N3O2. The Hall–Kier alpha value is -1.62. The second-order valence-electron chi connectivity index (χ2n) is 3.36. The van der Waals surface area contributed by atoms with Gasteiger partial charge in [0.15, 0.2) is 5.84 Å². The molecule has 1 aromatic heterocycles. The molecule has 0 aliphatic rings. The molecule has 0 radical (unpaired) electrons. The molecule has 82 valence electrons. The van der Waals surface area contributed by atoms with E-state index in [2.05, 4.69) is 10.1 Å². The quantitative estimate of drug-likeness (QED) is 0.337. The van der Waals surface area contributed by atoms with E-state index in [1.807, 2.05) is 19.9 Å². The zero-order valence-electron chi connectivity index (χ0n) is 8.84. The number of amidine groups is 1. The first-order valence-corrected chi connectivity index (χ1v) is 4.68. The molecule has 0 aliphatic heterocycles. The molecule has 0 amide bonds. The topological polar surface area (TPSA) is 80.7 Å². The average Bonchev–Trinajstić information content (AvgIpc) is 2.25. The van der Waals surface area contributed by atoms with Crippen molar-refractivity contribution in [1.29, 1.82) is 0 Å². The summed E-state index contributed by atoms with van der Waals surface area (Å²) in [5.74, 6) is -0.00189. The fourth-order valence-electron chi connectivity index (χ4n) is 1.09. The lowest BCUT2D eigenvalue weighted by Gasteiger charge is -2.10.